The van der Waals surface area contributed by atoms with E-state index in [1.54, 1.807) is 6.92 Å². The van der Waals surface area contributed by atoms with E-state index in [2.05, 4.69) is 15.9 Å². The number of aldehydes is 1. The summed E-state index contributed by atoms with van der Waals surface area (Å²) in [6.45, 7) is 1.73. The zero-order valence-corrected chi connectivity index (χ0v) is 6.74. The van der Waals surface area contributed by atoms with Crippen LogP contribution < -0.4 is 0 Å². The number of allylic oxidation sites excluding steroid dienone is 1. The fourth-order valence-corrected chi connectivity index (χ4v) is 0.633. The zero-order chi connectivity index (χ0) is 6.57. The summed E-state index contributed by atoms with van der Waals surface area (Å²) in [5, 5.41) is 0.528. The number of rotatable bonds is 2. The Balaban J connectivity index is 3.81. The maximum atomic E-state index is 9.96. The third-order valence-electron chi connectivity index (χ3n) is 0.743. The predicted molar refractivity (Wildman–Crippen MR) is 38.1 cm³/mol. The highest BCUT2D eigenvalue weighted by Crippen LogP contribution is 2.13. The first-order chi connectivity index (χ1) is 3.72. The molecule has 1 nitrogen and oxygen atoms in total. The summed E-state index contributed by atoms with van der Waals surface area (Å²) in [4.78, 5) is 11.5. The van der Waals surface area contributed by atoms with Crippen LogP contribution in [0.5, 0.6) is 0 Å². The number of carbonyl (C=O) groups excluding carboxylic acids is 1. The van der Waals surface area contributed by atoms with E-state index in [0.717, 1.165) is 6.29 Å². The largest absolute Gasteiger partial charge is 0.303 e. The lowest BCUT2D eigenvalue weighted by atomic mass is 10.2. The smallest absolute Gasteiger partial charge is 0.128 e. The Hall–Kier alpha value is 0.180. The Kier molecular flexibility index (Phi) is 4.19. The minimum Gasteiger partial charge on any atom is -0.303 e. The Bertz CT molecular complexity index is 111. The summed E-state index contributed by atoms with van der Waals surface area (Å²) in [6, 6.07) is 0. The summed E-state index contributed by atoms with van der Waals surface area (Å²) in [6.07, 6.45) is 0.792. The molecule has 0 N–H and O–H groups in total. The second-order valence-corrected chi connectivity index (χ2v) is 2.31. The fraction of sp³-hybridized carbons (Fsp3) is 0.400. The molecule has 0 radical (unpaired) electrons. The normalized spacial score (nSPS) is 15.6. The van der Waals surface area contributed by atoms with Gasteiger partial charge in [0.1, 0.15) is 6.29 Å². The lowest BCUT2D eigenvalue weighted by molar-refractivity contribution is -0.109. The molecule has 0 bridgehead atoms. The van der Waals surface area contributed by atoms with Crippen molar-refractivity contribution in [3.63, 3.8) is 0 Å². The molecule has 0 heterocycles. The maximum Gasteiger partial charge on any atom is 0.128 e. The molecule has 0 rings (SSSR count). The minimum atomic E-state index is -0.184. The van der Waals surface area contributed by atoms with Gasteiger partial charge in [-0.1, -0.05) is 34.5 Å². The number of hydrogen-bond donors (Lipinski definition) is 0. The molecule has 0 spiro atoms. The number of halogens is 2. The van der Waals surface area contributed by atoms with Crippen LogP contribution >= 0.6 is 27.5 Å². The van der Waals surface area contributed by atoms with Gasteiger partial charge in [-0.2, -0.15) is 0 Å². The molecule has 0 saturated heterocycles. The van der Waals surface area contributed by atoms with E-state index in [-0.39, 0.29) is 5.92 Å². The lowest BCUT2D eigenvalue weighted by Gasteiger charge is -1.95. The first-order valence-corrected chi connectivity index (χ1v) is 3.42. The average molecular weight is 197 g/mol. The molecule has 0 aliphatic rings. The monoisotopic (exact) mass is 196 g/mol. The van der Waals surface area contributed by atoms with Gasteiger partial charge in [0, 0.05) is 11.0 Å². The average Bonchev–Trinajstić information content (AvgIpc) is 1.84. The Labute approximate surface area is 61.8 Å². The summed E-state index contributed by atoms with van der Waals surface area (Å²) >= 11 is 8.50. The molecule has 1 atom stereocenters. The van der Waals surface area contributed by atoms with Crippen molar-refractivity contribution in [1.82, 2.24) is 0 Å². The molecule has 0 amide bonds. The molecule has 3 heteroatoms. The van der Waals surface area contributed by atoms with Crippen LogP contribution in [0.25, 0.3) is 0 Å². The summed E-state index contributed by atoms with van der Waals surface area (Å²) in [7, 11) is 0. The van der Waals surface area contributed by atoms with Crippen molar-refractivity contribution in [2.45, 2.75) is 6.92 Å². The molecule has 0 fully saturated rings. The standard InChI is InChI=1S/C5H6BrClO/c1-4(3-8)5(7)2-6/h2-4H,1H3/b5-2-. The first kappa shape index (κ1) is 8.18. The van der Waals surface area contributed by atoms with Crippen molar-refractivity contribution in [3.8, 4) is 0 Å². The lowest BCUT2D eigenvalue weighted by Crippen LogP contribution is -1.92. The van der Waals surface area contributed by atoms with E-state index in [9.17, 15) is 4.79 Å². The van der Waals surface area contributed by atoms with E-state index in [1.807, 2.05) is 0 Å². The molecule has 0 aliphatic carbocycles. The Morgan fingerprint density at radius 1 is 1.88 bits per heavy atom. The van der Waals surface area contributed by atoms with Crippen molar-refractivity contribution in [2.24, 2.45) is 5.92 Å². The Morgan fingerprint density at radius 3 is 2.50 bits per heavy atom. The van der Waals surface area contributed by atoms with Crippen molar-refractivity contribution >= 4 is 33.8 Å². The number of hydrogen-bond acceptors (Lipinski definition) is 1. The van der Waals surface area contributed by atoms with Crippen LogP contribution in [0.4, 0.5) is 0 Å². The van der Waals surface area contributed by atoms with Gasteiger partial charge in [-0.15, -0.1) is 0 Å². The van der Waals surface area contributed by atoms with Gasteiger partial charge in [-0.25, -0.2) is 0 Å². The number of carbonyl (C=O) groups is 1. The molecule has 0 saturated carbocycles. The Morgan fingerprint density at radius 2 is 2.38 bits per heavy atom. The highest BCUT2D eigenvalue weighted by atomic mass is 79.9. The van der Waals surface area contributed by atoms with E-state index < -0.39 is 0 Å². The predicted octanol–water partition coefficient (Wildman–Crippen LogP) is 2.30. The topological polar surface area (TPSA) is 17.1 Å². The van der Waals surface area contributed by atoms with Crippen LogP contribution in [0.2, 0.25) is 0 Å². The molecular formula is C5H6BrClO. The first-order valence-electron chi connectivity index (χ1n) is 2.13. The van der Waals surface area contributed by atoms with Gasteiger partial charge in [0.05, 0.1) is 0 Å². The van der Waals surface area contributed by atoms with Crippen molar-refractivity contribution in [3.05, 3.63) is 10.0 Å². The maximum absolute atomic E-state index is 9.96. The van der Waals surface area contributed by atoms with Gasteiger partial charge in [0.2, 0.25) is 0 Å². The summed E-state index contributed by atoms with van der Waals surface area (Å²) in [5.41, 5.74) is 0. The molecule has 0 aliphatic heterocycles. The molecular weight excluding hydrogens is 191 g/mol. The summed E-state index contributed by atoms with van der Waals surface area (Å²) < 4.78 is 0. The fourth-order valence-electron chi connectivity index (χ4n) is 0.164. The molecule has 0 aromatic rings. The van der Waals surface area contributed by atoms with Crippen LogP contribution in [0.3, 0.4) is 0 Å². The van der Waals surface area contributed by atoms with Crippen molar-refractivity contribution < 1.29 is 4.79 Å². The van der Waals surface area contributed by atoms with E-state index >= 15 is 0 Å². The molecule has 46 valence electrons. The van der Waals surface area contributed by atoms with Crippen molar-refractivity contribution in [2.75, 3.05) is 0 Å². The van der Waals surface area contributed by atoms with Crippen LogP contribution in [-0.2, 0) is 4.79 Å². The van der Waals surface area contributed by atoms with E-state index in [0.29, 0.717) is 5.03 Å². The highest BCUT2D eigenvalue weighted by Gasteiger charge is 2.00. The second kappa shape index (κ2) is 4.10. The van der Waals surface area contributed by atoms with Gasteiger partial charge in [-0.05, 0) is 4.99 Å². The van der Waals surface area contributed by atoms with Crippen LogP contribution in [-0.4, -0.2) is 6.29 Å². The molecule has 8 heavy (non-hydrogen) atoms. The van der Waals surface area contributed by atoms with Crippen LogP contribution in [0, 0.1) is 5.92 Å². The third-order valence-corrected chi connectivity index (χ3v) is 1.95. The SMILES string of the molecule is CC(C=O)/C(Cl)=C/Br. The molecule has 1 unspecified atom stereocenters. The van der Waals surface area contributed by atoms with Gasteiger partial charge in [0.25, 0.3) is 0 Å². The highest BCUT2D eigenvalue weighted by molar-refractivity contribution is 9.11. The van der Waals surface area contributed by atoms with Crippen molar-refractivity contribution in [1.29, 1.82) is 0 Å². The second-order valence-electron chi connectivity index (χ2n) is 1.42. The van der Waals surface area contributed by atoms with Gasteiger partial charge >= 0.3 is 0 Å². The quantitative estimate of drug-likeness (QED) is 0.621. The van der Waals surface area contributed by atoms with E-state index in [1.165, 1.54) is 4.99 Å². The van der Waals surface area contributed by atoms with Crippen LogP contribution in [0.15, 0.2) is 10.0 Å². The third kappa shape index (κ3) is 2.48. The van der Waals surface area contributed by atoms with Gasteiger partial charge in [0.15, 0.2) is 0 Å². The molecule has 0 aromatic heterocycles. The summed E-state index contributed by atoms with van der Waals surface area (Å²) in [5.74, 6) is -0.184. The van der Waals surface area contributed by atoms with Gasteiger partial charge < -0.3 is 4.79 Å². The van der Waals surface area contributed by atoms with Crippen LogP contribution in [0.1, 0.15) is 6.92 Å². The van der Waals surface area contributed by atoms with Gasteiger partial charge in [-0.3, -0.25) is 0 Å². The minimum absolute atomic E-state index is 0.184. The molecule has 0 aromatic carbocycles. The zero-order valence-electron chi connectivity index (χ0n) is 4.40. The van der Waals surface area contributed by atoms with E-state index in [4.69, 9.17) is 11.6 Å².